The molecule has 0 fully saturated rings. The second kappa shape index (κ2) is 12.8. The summed E-state index contributed by atoms with van der Waals surface area (Å²) < 4.78 is 8.56. The number of anilines is 3. The highest BCUT2D eigenvalue weighted by molar-refractivity contribution is 6.12. The van der Waals surface area contributed by atoms with Gasteiger partial charge in [0.05, 0.1) is 11.0 Å². The monoisotopic (exact) mass is 676 g/mol. The lowest BCUT2D eigenvalue weighted by atomic mass is 9.95. The van der Waals surface area contributed by atoms with E-state index in [-0.39, 0.29) is 0 Å². The van der Waals surface area contributed by atoms with Crippen LogP contribution >= 0.6 is 0 Å². The summed E-state index contributed by atoms with van der Waals surface area (Å²) in [5.74, 6) is 7.17. The van der Waals surface area contributed by atoms with Crippen molar-refractivity contribution in [3.63, 3.8) is 0 Å². The van der Waals surface area contributed by atoms with Crippen molar-refractivity contribution in [3.8, 4) is 28.7 Å². The predicted molar refractivity (Wildman–Crippen MR) is 221 cm³/mol. The molecule has 3 nitrogen and oxygen atoms in total. The molecule has 0 bridgehead atoms. The maximum atomic E-state index is 6.21. The first-order valence-corrected chi connectivity index (χ1v) is 17.9. The van der Waals surface area contributed by atoms with Crippen molar-refractivity contribution in [1.82, 2.24) is 4.57 Å². The molecule has 10 rings (SSSR count). The molecule has 0 radical (unpaired) electrons. The average molecular weight is 677 g/mol. The van der Waals surface area contributed by atoms with E-state index in [1.165, 1.54) is 10.8 Å². The molecule has 8 aromatic carbocycles. The highest BCUT2D eigenvalue weighted by atomic mass is 16.3. The van der Waals surface area contributed by atoms with Crippen molar-refractivity contribution in [2.75, 3.05) is 4.90 Å². The summed E-state index contributed by atoms with van der Waals surface area (Å²) in [6.07, 6.45) is 0. The molecular formula is C50H32N2O. The standard InChI is InChI=1S/C50H32N2O/c1-4-14-38(15-5-1)51(39-16-6-2-7-17-39)41-29-25-35(26-30-41)24-27-37-33-48-45(42-20-10-12-22-47(42)52(48)40-18-8-3-9-19-40)34-44(37)36-28-31-50-46(32-36)43-21-11-13-23-49(43)53-50/h1-23,25-26,28-34H. The van der Waals surface area contributed by atoms with Crippen LogP contribution in [0.25, 0.3) is 60.6 Å². The Balaban J connectivity index is 1.14. The highest BCUT2D eigenvalue weighted by Crippen LogP contribution is 2.39. The second-order valence-electron chi connectivity index (χ2n) is 13.2. The zero-order valence-corrected chi connectivity index (χ0v) is 28.8. The Morgan fingerprint density at radius 2 is 1.02 bits per heavy atom. The lowest BCUT2D eigenvalue weighted by molar-refractivity contribution is 0.669. The van der Waals surface area contributed by atoms with Crippen molar-refractivity contribution in [2.24, 2.45) is 0 Å². The van der Waals surface area contributed by atoms with Gasteiger partial charge in [-0.15, -0.1) is 0 Å². The lowest BCUT2D eigenvalue weighted by Gasteiger charge is -2.25. The first-order valence-electron chi connectivity index (χ1n) is 17.9. The molecule has 0 amide bonds. The van der Waals surface area contributed by atoms with Crippen LogP contribution in [0.4, 0.5) is 17.1 Å². The van der Waals surface area contributed by atoms with Crippen LogP contribution in [0.1, 0.15) is 11.1 Å². The van der Waals surface area contributed by atoms with Gasteiger partial charge in [-0.3, -0.25) is 0 Å². The van der Waals surface area contributed by atoms with Crippen LogP contribution in [0.5, 0.6) is 0 Å². The van der Waals surface area contributed by atoms with E-state index in [2.05, 4.69) is 191 Å². The molecule has 10 aromatic rings. The zero-order valence-electron chi connectivity index (χ0n) is 28.8. The third-order valence-corrected chi connectivity index (χ3v) is 10.0. The minimum Gasteiger partial charge on any atom is -0.456 e. The molecule has 0 spiro atoms. The number of hydrogen-bond acceptors (Lipinski definition) is 2. The molecule has 0 atom stereocenters. The van der Waals surface area contributed by atoms with Gasteiger partial charge in [0.15, 0.2) is 0 Å². The number of rotatable bonds is 5. The largest absolute Gasteiger partial charge is 0.456 e. The number of hydrogen-bond donors (Lipinski definition) is 0. The summed E-state index contributed by atoms with van der Waals surface area (Å²) in [6.45, 7) is 0. The summed E-state index contributed by atoms with van der Waals surface area (Å²) in [7, 11) is 0. The Bertz CT molecular complexity index is 2940. The summed E-state index contributed by atoms with van der Waals surface area (Å²) in [6, 6.07) is 68.0. The molecule has 0 aliphatic carbocycles. The molecule has 2 heterocycles. The lowest BCUT2D eigenvalue weighted by Crippen LogP contribution is -2.09. The van der Waals surface area contributed by atoms with E-state index in [4.69, 9.17) is 4.42 Å². The Morgan fingerprint density at radius 1 is 0.415 bits per heavy atom. The van der Waals surface area contributed by atoms with Crippen LogP contribution < -0.4 is 4.90 Å². The number of nitrogens with zero attached hydrogens (tertiary/aromatic N) is 2. The number of fused-ring (bicyclic) bond motifs is 6. The van der Waals surface area contributed by atoms with Crippen LogP contribution in [0, 0.1) is 11.8 Å². The van der Waals surface area contributed by atoms with E-state index in [0.29, 0.717) is 0 Å². The molecule has 0 saturated carbocycles. The number of furan rings is 1. The van der Waals surface area contributed by atoms with Crippen molar-refractivity contribution >= 4 is 60.8 Å². The maximum Gasteiger partial charge on any atom is 0.135 e. The average Bonchev–Trinajstić information content (AvgIpc) is 3.76. The molecule has 248 valence electrons. The summed E-state index contributed by atoms with van der Waals surface area (Å²) >= 11 is 0. The molecular weight excluding hydrogens is 645 g/mol. The van der Waals surface area contributed by atoms with Gasteiger partial charge in [-0.25, -0.2) is 0 Å². The normalized spacial score (nSPS) is 11.2. The Hall–Kier alpha value is -7.28. The van der Waals surface area contributed by atoms with E-state index in [1.807, 2.05) is 24.3 Å². The molecule has 2 aromatic heterocycles. The third-order valence-electron chi connectivity index (χ3n) is 10.0. The van der Waals surface area contributed by atoms with Gasteiger partial charge in [0.2, 0.25) is 0 Å². The summed E-state index contributed by atoms with van der Waals surface area (Å²) in [5, 5.41) is 4.60. The fourth-order valence-electron chi connectivity index (χ4n) is 7.54. The number of aromatic nitrogens is 1. The number of para-hydroxylation sites is 5. The van der Waals surface area contributed by atoms with Gasteiger partial charge in [0, 0.05) is 55.4 Å². The van der Waals surface area contributed by atoms with Crippen LogP contribution in [0.2, 0.25) is 0 Å². The Morgan fingerprint density at radius 3 is 1.75 bits per heavy atom. The van der Waals surface area contributed by atoms with Gasteiger partial charge < -0.3 is 13.9 Å². The minimum absolute atomic E-state index is 0.879. The van der Waals surface area contributed by atoms with Gasteiger partial charge in [-0.1, -0.05) is 109 Å². The Kier molecular flexibility index (Phi) is 7.37. The topological polar surface area (TPSA) is 21.3 Å². The van der Waals surface area contributed by atoms with Gasteiger partial charge in [-0.05, 0) is 108 Å². The van der Waals surface area contributed by atoms with E-state index < -0.39 is 0 Å². The number of benzene rings is 8. The van der Waals surface area contributed by atoms with Gasteiger partial charge >= 0.3 is 0 Å². The molecule has 0 saturated heterocycles. The molecule has 3 heteroatoms. The summed E-state index contributed by atoms with van der Waals surface area (Å²) in [5.41, 5.74) is 12.6. The van der Waals surface area contributed by atoms with Gasteiger partial charge in [0.25, 0.3) is 0 Å². The Labute approximate surface area is 307 Å². The second-order valence-corrected chi connectivity index (χ2v) is 13.2. The first kappa shape index (κ1) is 30.5. The minimum atomic E-state index is 0.879. The quantitative estimate of drug-likeness (QED) is 0.169. The predicted octanol–water partition coefficient (Wildman–Crippen LogP) is 13.2. The van der Waals surface area contributed by atoms with Gasteiger partial charge in [-0.2, -0.15) is 0 Å². The third kappa shape index (κ3) is 5.42. The van der Waals surface area contributed by atoms with Crippen molar-refractivity contribution < 1.29 is 4.42 Å². The van der Waals surface area contributed by atoms with Crippen molar-refractivity contribution in [2.45, 2.75) is 0 Å². The molecule has 0 N–H and O–H groups in total. The van der Waals surface area contributed by atoms with Crippen molar-refractivity contribution in [1.29, 1.82) is 0 Å². The molecule has 0 aliphatic heterocycles. The van der Waals surface area contributed by atoms with Crippen LogP contribution in [0.3, 0.4) is 0 Å². The van der Waals surface area contributed by atoms with E-state index in [0.717, 1.165) is 78.0 Å². The van der Waals surface area contributed by atoms with Crippen LogP contribution in [0.15, 0.2) is 199 Å². The summed E-state index contributed by atoms with van der Waals surface area (Å²) in [4.78, 5) is 2.27. The van der Waals surface area contributed by atoms with E-state index in [1.54, 1.807) is 0 Å². The van der Waals surface area contributed by atoms with Crippen LogP contribution in [-0.2, 0) is 0 Å². The maximum absolute atomic E-state index is 6.21. The fraction of sp³-hybridized carbons (Fsp3) is 0. The van der Waals surface area contributed by atoms with Gasteiger partial charge in [0.1, 0.15) is 11.2 Å². The molecule has 53 heavy (non-hydrogen) atoms. The smallest absolute Gasteiger partial charge is 0.135 e. The van der Waals surface area contributed by atoms with E-state index in [9.17, 15) is 0 Å². The first-order chi connectivity index (χ1) is 26.3. The molecule has 0 aliphatic rings. The van der Waals surface area contributed by atoms with Crippen LogP contribution in [-0.4, -0.2) is 4.57 Å². The highest BCUT2D eigenvalue weighted by Gasteiger charge is 2.17. The zero-order chi connectivity index (χ0) is 35.1. The fourth-order valence-corrected chi connectivity index (χ4v) is 7.54. The molecule has 0 unspecified atom stereocenters. The van der Waals surface area contributed by atoms with E-state index >= 15 is 0 Å². The van der Waals surface area contributed by atoms with Crippen molar-refractivity contribution in [3.05, 3.63) is 205 Å². The SMILES string of the molecule is C(#Cc1cc2c(cc1-c1ccc3oc4ccccc4c3c1)c1ccccc1n2-c1ccccc1)c1ccc(N(c2ccccc2)c2ccccc2)cc1.